The lowest BCUT2D eigenvalue weighted by Gasteiger charge is -2.29. The number of benzene rings is 3. The van der Waals surface area contributed by atoms with Crippen LogP contribution in [0, 0.1) is 5.41 Å². The van der Waals surface area contributed by atoms with Crippen molar-refractivity contribution in [3.8, 4) is 0 Å². The first-order chi connectivity index (χ1) is 14.4. The van der Waals surface area contributed by atoms with Gasteiger partial charge in [-0.15, -0.1) is 0 Å². The van der Waals surface area contributed by atoms with E-state index >= 15 is 0 Å². The maximum Gasteiger partial charge on any atom is 0.204 e. The van der Waals surface area contributed by atoms with Crippen molar-refractivity contribution in [1.82, 2.24) is 0 Å². The molecule has 0 unspecified atom stereocenters. The molecule has 0 fully saturated rings. The first-order valence-electron chi connectivity index (χ1n) is 10.4. The van der Waals surface area contributed by atoms with Crippen LogP contribution in [0.4, 0.5) is 0 Å². The molecule has 1 aliphatic heterocycles. The van der Waals surface area contributed by atoms with Gasteiger partial charge in [-0.25, -0.2) is 0 Å². The van der Waals surface area contributed by atoms with E-state index < -0.39 is 6.10 Å². The summed E-state index contributed by atoms with van der Waals surface area (Å²) in [6, 6.07) is 23.4. The zero-order valence-corrected chi connectivity index (χ0v) is 17.2. The number of rotatable bonds is 3. The van der Waals surface area contributed by atoms with Gasteiger partial charge in [-0.2, -0.15) is 0 Å². The van der Waals surface area contributed by atoms with Crippen molar-refractivity contribution in [3.05, 3.63) is 95.3 Å². The standard InChI is InChI=1S/C27H24O3/c1-27(2)15-21(28)24-22(16-27)30-26(25(29)18-10-4-3-5-11-18)23(24)20-14-8-12-17-9-6-7-13-19(17)20/h3-14,23,26H,15-16H2,1-2H3/t23-,26-/m0/s1. The van der Waals surface area contributed by atoms with E-state index in [1.54, 1.807) is 0 Å². The molecular weight excluding hydrogens is 372 g/mol. The Hall–Kier alpha value is -3.20. The molecule has 0 radical (unpaired) electrons. The third kappa shape index (κ3) is 3.06. The summed E-state index contributed by atoms with van der Waals surface area (Å²) < 4.78 is 6.31. The minimum Gasteiger partial charge on any atom is -0.485 e. The van der Waals surface area contributed by atoms with Crippen LogP contribution in [-0.4, -0.2) is 17.7 Å². The van der Waals surface area contributed by atoms with Gasteiger partial charge in [0.2, 0.25) is 5.78 Å². The number of Topliss-reactive ketones (excluding diaryl/α,β-unsaturated/α-hetero) is 2. The van der Waals surface area contributed by atoms with Gasteiger partial charge in [0.05, 0.1) is 5.92 Å². The van der Waals surface area contributed by atoms with E-state index in [-0.39, 0.29) is 22.9 Å². The van der Waals surface area contributed by atoms with E-state index in [4.69, 9.17) is 4.74 Å². The Balaban J connectivity index is 1.69. The molecule has 150 valence electrons. The maximum absolute atomic E-state index is 13.5. The fraction of sp³-hybridized carbons (Fsp3) is 0.259. The van der Waals surface area contributed by atoms with Crippen LogP contribution < -0.4 is 0 Å². The Morgan fingerprint density at radius 3 is 2.40 bits per heavy atom. The third-order valence-electron chi connectivity index (χ3n) is 6.24. The van der Waals surface area contributed by atoms with Gasteiger partial charge in [-0.3, -0.25) is 9.59 Å². The van der Waals surface area contributed by atoms with Crippen LogP contribution in [0.2, 0.25) is 0 Å². The number of ether oxygens (including phenoxy) is 1. The van der Waals surface area contributed by atoms with Crippen LogP contribution in [0.5, 0.6) is 0 Å². The van der Waals surface area contributed by atoms with Crippen LogP contribution >= 0.6 is 0 Å². The van der Waals surface area contributed by atoms with E-state index in [9.17, 15) is 9.59 Å². The number of hydrogen-bond donors (Lipinski definition) is 0. The third-order valence-corrected chi connectivity index (χ3v) is 6.24. The lowest BCUT2D eigenvalue weighted by molar-refractivity contribution is -0.118. The zero-order valence-electron chi connectivity index (χ0n) is 17.2. The van der Waals surface area contributed by atoms with Crippen LogP contribution in [0.3, 0.4) is 0 Å². The molecule has 3 nitrogen and oxygen atoms in total. The van der Waals surface area contributed by atoms with Crippen molar-refractivity contribution in [3.63, 3.8) is 0 Å². The Morgan fingerprint density at radius 2 is 1.60 bits per heavy atom. The van der Waals surface area contributed by atoms with Gasteiger partial charge in [0.15, 0.2) is 11.9 Å². The molecule has 0 N–H and O–H groups in total. The number of ketones is 2. The summed E-state index contributed by atoms with van der Waals surface area (Å²) in [5.41, 5.74) is 2.13. The summed E-state index contributed by atoms with van der Waals surface area (Å²) in [6.45, 7) is 4.16. The average Bonchev–Trinajstić information content (AvgIpc) is 3.11. The Labute approximate surface area is 176 Å². The summed E-state index contributed by atoms with van der Waals surface area (Å²) in [7, 11) is 0. The van der Waals surface area contributed by atoms with Crippen LogP contribution in [0.15, 0.2) is 84.1 Å². The average molecular weight is 396 g/mol. The first-order valence-corrected chi connectivity index (χ1v) is 10.4. The fourth-order valence-corrected chi connectivity index (χ4v) is 4.91. The Kier molecular flexibility index (Phi) is 4.35. The molecule has 3 aromatic carbocycles. The van der Waals surface area contributed by atoms with Crippen molar-refractivity contribution in [2.45, 2.75) is 38.7 Å². The summed E-state index contributed by atoms with van der Waals surface area (Å²) in [4.78, 5) is 26.8. The predicted octanol–water partition coefficient (Wildman–Crippen LogP) is 5.85. The highest BCUT2D eigenvalue weighted by molar-refractivity contribution is 6.06. The summed E-state index contributed by atoms with van der Waals surface area (Å²) in [5.74, 6) is 0.335. The molecular formula is C27H24O3. The lowest BCUT2D eigenvalue weighted by atomic mass is 9.72. The van der Waals surface area contributed by atoms with E-state index in [1.165, 1.54) is 0 Å². The Morgan fingerprint density at radius 1 is 0.900 bits per heavy atom. The molecule has 0 amide bonds. The monoisotopic (exact) mass is 396 g/mol. The van der Waals surface area contributed by atoms with Gasteiger partial charge < -0.3 is 4.74 Å². The lowest BCUT2D eigenvalue weighted by Crippen LogP contribution is -2.29. The quantitative estimate of drug-likeness (QED) is 0.522. The van der Waals surface area contributed by atoms with E-state index in [0.29, 0.717) is 29.7 Å². The largest absolute Gasteiger partial charge is 0.485 e. The highest BCUT2D eigenvalue weighted by Crippen LogP contribution is 2.50. The predicted molar refractivity (Wildman–Crippen MR) is 117 cm³/mol. The molecule has 1 aliphatic carbocycles. The molecule has 0 bridgehead atoms. The van der Waals surface area contributed by atoms with Gasteiger partial charge >= 0.3 is 0 Å². The van der Waals surface area contributed by atoms with Gasteiger partial charge in [-0.1, -0.05) is 86.6 Å². The molecule has 0 saturated heterocycles. The summed E-state index contributed by atoms with van der Waals surface area (Å²) in [5, 5.41) is 2.16. The molecule has 0 saturated carbocycles. The van der Waals surface area contributed by atoms with Crippen molar-refractivity contribution < 1.29 is 14.3 Å². The number of carbonyl (C=O) groups excluding carboxylic acids is 2. The number of carbonyl (C=O) groups is 2. The number of hydrogen-bond acceptors (Lipinski definition) is 3. The highest BCUT2D eigenvalue weighted by atomic mass is 16.5. The Bertz CT molecular complexity index is 1180. The molecule has 5 rings (SSSR count). The fourth-order valence-electron chi connectivity index (χ4n) is 4.91. The SMILES string of the molecule is CC1(C)CC(=O)C2=C(C1)O[C@H](C(=O)c1ccccc1)[C@H]2c1cccc2ccccc12. The normalized spacial score (nSPS) is 22.7. The van der Waals surface area contributed by atoms with Gasteiger partial charge in [-0.05, 0) is 21.8 Å². The molecule has 30 heavy (non-hydrogen) atoms. The molecule has 2 aliphatic rings. The maximum atomic E-state index is 13.5. The molecule has 3 aromatic rings. The molecule has 3 heteroatoms. The zero-order chi connectivity index (χ0) is 20.9. The molecule has 2 atom stereocenters. The second-order valence-corrected chi connectivity index (χ2v) is 9.09. The van der Waals surface area contributed by atoms with Crippen molar-refractivity contribution in [2.75, 3.05) is 0 Å². The second kappa shape index (κ2) is 6.94. The molecule has 1 heterocycles. The van der Waals surface area contributed by atoms with Crippen LogP contribution in [0.1, 0.15) is 48.5 Å². The van der Waals surface area contributed by atoms with Crippen molar-refractivity contribution in [1.29, 1.82) is 0 Å². The summed E-state index contributed by atoms with van der Waals surface area (Å²) in [6.07, 6.45) is 0.428. The minimum atomic E-state index is -0.721. The number of fused-ring (bicyclic) bond motifs is 1. The van der Waals surface area contributed by atoms with Gasteiger partial charge in [0.25, 0.3) is 0 Å². The smallest absolute Gasteiger partial charge is 0.204 e. The summed E-state index contributed by atoms with van der Waals surface area (Å²) >= 11 is 0. The van der Waals surface area contributed by atoms with Gasteiger partial charge in [0, 0.05) is 24.0 Å². The van der Waals surface area contributed by atoms with Crippen LogP contribution in [0.25, 0.3) is 10.8 Å². The van der Waals surface area contributed by atoms with Crippen LogP contribution in [-0.2, 0) is 9.53 Å². The first kappa shape index (κ1) is 18.8. The minimum absolute atomic E-state index is 0.0754. The topological polar surface area (TPSA) is 43.4 Å². The van der Waals surface area contributed by atoms with E-state index in [2.05, 4.69) is 32.0 Å². The van der Waals surface area contributed by atoms with Crippen molar-refractivity contribution in [2.24, 2.45) is 5.41 Å². The van der Waals surface area contributed by atoms with E-state index in [1.807, 2.05) is 54.6 Å². The van der Waals surface area contributed by atoms with Crippen molar-refractivity contribution >= 4 is 22.3 Å². The number of allylic oxidation sites excluding steroid dienone is 1. The van der Waals surface area contributed by atoms with Gasteiger partial charge in [0.1, 0.15) is 5.76 Å². The molecule has 0 spiro atoms. The highest BCUT2D eigenvalue weighted by Gasteiger charge is 2.49. The molecule has 0 aromatic heterocycles. The second-order valence-electron chi connectivity index (χ2n) is 9.09. The van der Waals surface area contributed by atoms with E-state index in [0.717, 1.165) is 16.3 Å².